The van der Waals surface area contributed by atoms with Gasteiger partial charge in [0.15, 0.2) is 0 Å². The van der Waals surface area contributed by atoms with Crippen LogP contribution < -0.4 is 0 Å². The van der Waals surface area contributed by atoms with Gasteiger partial charge in [0.25, 0.3) is 0 Å². The molecule has 1 heterocycles. The zero-order valence-corrected chi connectivity index (χ0v) is 9.44. The molecule has 0 radical (unpaired) electrons. The Balaban J connectivity index is 2.69. The molecule has 0 bridgehead atoms. The van der Waals surface area contributed by atoms with Gasteiger partial charge >= 0.3 is 0 Å². The highest BCUT2D eigenvalue weighted by atomic mass is 127. The van der Waals surface area contributed by atoms with Gasteiger partial charge in [0, 0.05) is 10.3 Å². The molecule has 1 aromatic carbocycles. The molecule has 0 amide bonds. The lowest BCUT2D eigenvalue weighted by Gasteiger charge is -1.94. The number of hydrogen-bond acceptors (Lipinski definition) is 2. The first-order chi connectivity index (χ1) is 5.81. The Kier molecular flexibility index (Phi) is 2.27. The van der Waals surface area contributed by atoms with Crippen LogP contribution in [-0.4, -0.2) is 16.5 Å². The molecule has 0 fully saturated rings. The lowest BCUT2D eigenvalue weighted by atomic mass is 10.3. The molecule has 0 unspecified atom stereocenters. The minimum absolute atomic E-state index is 1.04. The van der Waals surface area contributed by atoms with E-state index < -0.39 is 0 Å². The molecule has 4 heteroatoms. The average Bonchev–Trinajstić information content (AvgIpc) is 2.47. The fourth-order valence-electron chi connectivity index (χ4n) is 1.09. The maximum absolute atomic E-state index is 4.12. The van der Waals surface area contributed by atoms with Gasteiger partial charge in [-0.05, 0) is 47.0 Å². The third kappa shape index (κ3) is 1.33. The van der Waals surface area contributed by atoms with Crippen LogP contribution in [0.3, 0.4) is 0 Å². The number of halogens is 1. The lowest BCUT2D eigenvalue weighted by molar-refractivity contribution is 1.09. The van der Waals surface area contributed by atoms with E-state index in [0.717, 1.165) is 9.22 Å². The first-order valence-electron chi connectivity index (χ1n) is 3.49. The molecule has 0 aliphatic carbocycles. The quantitative estimate of drug-likeness (QED) is 0.646. The van der Waals surface area contributed by atoms with Gasteiger partial charge in [0.1, 0.15) is 3.70 Å². The number of aromatic amines is 1. The van der Waals surface area contributed by atoms with Crippen molar-refractivity contribution in [3.63, 3.8) is 0 Å². The van der Waals surface area contributed by atoms with Gasteiger partial charge in [-0.2, -0.15) is 5.10 Å². The number of benzene rings is 1. The van der Waals surface area contributed by atoms with E-state index in [-0.39, 0.29) is 0 Å². The second-order valence-electron chi connectivity index (χ2n) is 2.43. The number of H-pyrrole nitrogens is 1. The minimum Gasteiger partial charge on any atom is -0.277 e. The maximum Gasteiger partial charge on any atom is 0.130 e. The summed E-state index contributed by atoms with van der Waals surface area (Å²) in [5.41, 5.74) is 1.12. The Morgan fingerprint density at radius 2 is 2.33 bits per heavy atom. The number of fused-ring (bicyclic) bond motifs is 1. The highest BCUT2D eigenvalue weighted by Gasteiger charge is 2.01. The zero-order chi connectivity index (χ0) is 8.55. The van der Waals surface area contributed by atoms with E-state index >= 15 is 0 Å². The summed E-state index contributed by atoms with van der Waals surface area (Å²) >= 11 is 3.97. The third-order valence-electron chi connectivity index (χ3n) is 1.72. The van der Waals surface area contributed by atoms with Crippen molar-refractivity contribution in [2.45, 2.75) is 4.90 Å². The molecule has 62 valence electrons. The van der Waals surface area contributed by atoms with Crippen LogP contribution in [0.15, 0.2) is 23.1 Å². The molecule has 0 aliphatic heterocycles. The fraction of sp³-hybridized carbons (Fsp3) is 0.125. The van der Waals surface area contributed by atoms with Crippen molar-refractivity contribution in [3.8, 4) is 0 Å². The standard InChI is InChI=1S/C8H7IN2S/c1-12-5-2-3-6-7(4-5)10-11-8(6)9/h2-4H,1H3,(H,10,11). The number of thioether (sulfide) groups is 1. The molecular weight excluding hydrogens is 283 g/mol. The molecule has 0 saturated carbocycles. The highest BCUT2D eigenvalue weighted by Crippen LogP contribution is 2.22. The average molecular weight is 290 g/mol. The number of nitrogens with one attached hydrogen (secondary N) is 1. The smallest absolute Gasteiger partial charge is 0.130 e. The molecule has 0 spiro atoms. The van der Waals surface area contributed by atoms with Crippen LogP contribution in [0, 0.1) is 3.70 Å². The van der Waals surface area contributed by atoms with Gasteiger partial charge in [0.2, 0.25) is 0 Å². The van der Waals surface area contributed by atoms with E-state index in [0.29, 0.717) is 0 Å². The molecule has 1 N–H and O–H groups in total. The topological polar surface area (TPSA) is 28.7 Å². The number of hydrogen-bond donors (Lipinski definition) is 1. The van der Waals surface area contributed by atoms with Crippen LogP contribution in [0.25, 0.3) is 10.9 Å². The van der Waals surface area contributed by atoms with Gasteiger partial charge in [-0.3, -0.25) is 5.10 Å². The van der Waals surface area contributed by atoms with Gasteiger partial charge in [-0.25, -0.2) is 0 Å². The van der Waals surface area contributed by atoms with Crippen LogP contribution in [0.5, 0.6) is 0 Å². The Morgan fingerprint density at radius 3 is 3.08 bits per heavy atom. The zero-order valence-electron chi connectivity index (χ0n) is 6.47. The summed E-state index contributed by atoms with van der Waals surface area (Å²) in [5.74, 6) is 0. The van der Waals surface area contributed by atoms with E-state index in [1.807, 2.05) is 0 Å². The van der Waals surface area contributed by atoms with Gasteiger partial charge in [-0.15, -0.1) is 11.8 Å². The monoisotopic (exact) mass is 290 g/mol. The van der Waals surface area contributed by atoms with Crippen molar-refractivity contribution in [1.82, 2.24) is 10.2 Å². The van der Waals surface area contributed by atoms with E-state index in [1.165, 1.54) is 10.3 Å². The Bertz CT molecular complexity index is 410. The fourth-order valence-corrected chi connectivity index (χ4v) is 2.12. The maximum atomic E-state index is 4.12. The summed E-state index contributed by atoms with van der Waals surface area (Å²) in [6, 6.07) is 6.34. The van der Waals surface area contributed by atoms with Crippen molar-refractivity contribution < 1.29 is 0 Å². The number of nitrogens with zero attached hydrogens (tertiary/aromatic N) is 1. The second kappa shape index (κ2) is 3.26. The molecule has 0 aliphatic rings. The Morgan fingerprint density at radius 1 is 1.50 bits per heavy atom. The Labute approximate surface area is 88.3 Å². The molecule has 12 heavy (non-hydrogen) atoms. The minimum atomic E-state index is 1.04. The first-order valence-corrected chi connectivity index (χ1v) is 5.79. The van der Waals surface area contributed by atoms with Crippen molar-refractivity contribution in [2.75, 3.05) is 6.26 Å². The molecule has 2 rings (SSSR count). The summed E-state index contributed by atoms with van der Waals surface area (Å²) in [7, 11) is 0. The van der Waals surface area contributed by atoms with Crippen molar-refractivity contribution in [3.05, 3.63) is 21.9 Å². The van der Waals surface area contributed by atoms with E-state index in [2.05, 4.69) is 57.2 Å². The molecule has 0 atom stereocenters. The normalized spacial score (nSPS) is 10.8. The SMILES string of the molecule is CSc1ccc2c(I)n[nH]c2c1. The summed E-state index contributed by atoms with van der Waals surface area (Å²) in [6.07, 6.45) is 2.07. The number of rotatable bonds is 1. The van der Waals surface area contributed by atoms with Crippen molar-refractivity contribution in [1.29, 1.82) is 0 Å². The van der Waals surface area contributed by atoms with E-state index in [1.54, 1.807) is 11.8 Å². The summed E-state index contributed by atoms with van der Waals surface area (Å²) in [4.78, 5) is 1.27. The van der Waals surface area contributed by atoms with Crippen LogP contribution in [0.1, 0.15) is 0 Å². The number of aromatic nitrogens is 2. The highest BCUT2D eigenvalue weighted by molar-refractivity contribution is 14.1. The summed E-state index contributed by atoms with van der Waals surface area (Å²) in [5, 5.41) is 8.32. The predicted molar refractivity (Wildman–Crippen MR) is 60.6 cm³/mol. The van der Waals surface area contributed by atoms with Gasteiger partial charge < -0.3 is 0 Å². The van der Waals surface area contributed by atoms with Crippen LogP contribution >= 0.6 is 34.4 Å². The lowest BCUT2D eigenvalue weighted by Crippen LogP contribution is -1.71. The Hall–Kier alpha value is -0.230. The molecular formula is C8H7IN2S. The van der Waals surface area contributed by atoms with E-state index in [9.17, 15) is 0 Å². The largest absolute Gasteiger partial charge is 0.277 e. The third-order valence-corrected chi connectivity index (χ3v) is 3.27. The van der Waals surface area contributed by atoms with Crippen LogP contribution in [-0.2, 0) is 0 Å². The van der Waals surface area contributed by atoms with Crippen LogP contribution in [0.2, 0.25) is 0 Å². The first kappa shape index (κ1) is 8.37. The van der Waals surface area contributed by atoms with Crippen molar-refractivity contribution >= 4 is 45.3 Å². The van der Waals surface area contributed by atoms with Crippen molar-refractivity contribution in [2.24, 2.45) is 0 Å². The molecule has 2 aromatic rings. The predicted octanol–water partition coefficient (Wildman–Crippen LogP) is 2.89. The van der Waals surface area contributed by atoms with Crippen LogP contribution in [0.4, 0.5) is 0 Å². The molecule has 2 nitrogen and oxygen atoms in total. The summed E-state index contributed by atoms with van der Waals surface area (Å²) in [6.45, 7) is 0. The molecule has 1 aromatic heterocycles. The second-order valence-corrected chi connectivity index (χ2v) is 4.33. The van der Waals surface area contributed by atoms with Gasteiger partial charge in [0.05, 0.1) is 5.52 Å². The van der Waals surface area contributed by atoms with Gasteiger partial charge in [-0.1, -0.05) is 0 Å². The summed E-state index contributed by atoms with van der Waals surface area (Å²) < 4.78 is 1.04. The molecule has 0 saturated heterocycles. The van der Waals surface area contributed by atoms with E-state index in [4.69, 9.17) is 0 Å².